The number of hydrogen-bond donors (Lipinski definition) is 2. The zero-order valence-electron chi connectivity index (χ0n) is 9.76. The Morgan fingerprint density at radius 3 is 2.94 bits per heavy atom. The number of β-amino-alcohol motifs (C(OH)–C–C–N with tert-alkyl or cyclic N) is 1. The minimum absolute atomic E-state index is 0.0674. The van der Waals surface area contributed by atoms with E-state index >= 15 is 0 Å². The predicted molar refractivity (Wildman–Crippen MR) is 59.3 cm³/mol. The molecule has 5 heteroatoms. The van der Waals surface area contributed by atoms with Crippen LogP contribution in [0.25, 0.3) is 0 Å². The van der Waals surface area contributed by atoms with Crippen LogP contribution in [0.15, 0.2) is 0 Å². The van der Waals surface area contributed by atoms with Crippen LogP contribution in [-0.4, -0.2) is 60.0 Å². The first kappa shape index (κ1) is 13.4. The van der Waals surface area contributed by atoms with Crippen LogP contribution in [0.4, 0.5) is 0 Å². The molecule has 1 saturated heterocycles. The van der Waals surface area contributed by atoms with E-state index in [1.54, 1.807) is 7.11 Å². The van der Waals surface area contributed by atoms with Gasteiger partial charge < -0.3 is 14.9 Å². The van der Waals surface area contributed by atoms with Crippen LogP contribution in [0.1, 0.15) is 25.7 Å². The van der Waals surface area contributed by atoms with Crippen LogP contribution < -0.4 is 0 Å². The van der Waals surface area contributed by atoms with E-state index in [1.807, 2.05) is 0 Å². The molecule has 1 aliphatic rings. The van der Waals surface area contributed by atoms with Crippen molar-refractivity contribution in [3.63, 3.8) is 0 Å². The molecule has 2 atom stereocenters. The number of piperidine rings is 1. The van der Waals surface area contributed by atoms with Crippen LogP contribution in [0, 0.1) is 0 Å². The van der Waals surface area contributed by atoms with Crippen molar-refractivity contribution in [1.82, 2.24) is 4.90 Å². The van der Waals surface area contributed by atoms with E-state index in [2.05, 4.69) is 4.90 Å². The van der Waals surface area contributed by atoms with Crippen molar-refractivity contribution in [3.8, 4) is 0 Å². The molecule has 5 nitrogen and oxygen atoms in total. The predicted octanol–water partition coefficient (Wildman–Crippen LogP) is 0.323. The van der Waals surface area contributed by atoms with Gasteiger partial charge >= 0.3 is 5.97 Å². The maximum absolute atomic E-state index is 10.7. The largest absolute Gasteiger partial charge is 0.481 e. The maximum atomic E-state index is 10.7. The van der Waals surface area contributed by atoms with Crippen LogP contribution in [0.3, 0.4) is 0 Å². The molecular weight excluding hydrogens is 210 g/mol. The molecule has 0 aromatic rings. The Bertz CT molecular complexity index is 222. The molecule has 94 valence electrons. The lowest BCUT2D eigenvalue weighted by molar-refractivity contribution is -0.139. The first-order chi connectivity index (χ1) is 7.63. The van der Waals surface area contributed by atoms with E-state index in [9.17, 15) is 9.90 Å². The molecule has 0 saturated carbocycles. The van der Waals surface area contributed by atoms with Gasteiger partial charge in [-0.05, 0) is 19.4 Å². The van der Waals surface area contributed by atoms with Crippen molar-refractivity contribution in [2.45, 2.75) is 37.8 Å². The number of ether oxygens (including phenoxy) is 1. The van der Waals surface area contributed by atoms with Crippen molar-refractivity contribution >= 4 is 5.97 Å². The van der Waals surface area contributed by atoms with Crippen molar-refractivity contribution in [1.29, 1.82) is 0 Å². The SMILES string of the molecule is COCC(O)CN1CCCCC1CC(=O)O. The Labute approximate surface area is 96.0 Å². The summed E-state index contributed by atoms with van der Waals surface area (Å²) in [5.41, 5.74) is 0. The van der Waals surface area contributed by atoms with Gasteiger partial charge in [0.25, 0.3) is 0 Å². The molecule has 1 rings (SSSR count). The summed E-state index contributed by atoms with van der Waals surface area (Å²) < 4.78 is 4.87. The van der Waals surface area contributed by atoms with Crippen molar-refractivity contribution in [2.24, 2.45) is 0 Å². The number of nitrogens with zero attached hydrogens (tertiary/aromatic N) is 1. The quantitative estimate of drug-likeness (QED) is 0.689. The first-order valence-corrected chi connectivity index (χ1v) is 5.76. The third-order valence-corrected chi connectivity index (χ3v) is 2.96. The smallest absolute Gasteiger partial charge is 0.304 e. The van der Waals surface area contributed by atoms with Crippen molar-refractivity contribution < 1.29 is 19.7 Å². The van der Waals surface area contributed by atoms with E-state index < -0.39 is 12.1 Å². The topological polar surface area (TPSA) is 70.0 Å². The molecular formula is C11H21NO4. The Kier molecular flexibility index (Phi) is 5.73. The van der Waals surface area contributed by atoms with E-state index in [4.69, 9.17) is 9.84 Å². The highest BCUT2D eigenvalue weighted by atomic mass is 16.5. The molecule has 2 unspecified atom stereocenters. The van der Waals surface area contributed by atoms with Crippen LogP contribution in [-0.2, 0) is 9.53 Å². The van der Waals surface area contributed by atoms with Crippen molar-refractivity contribution in [3.05, 3.63) is 0 Å². The summed E-state index contributed by atoms with van der Waals surface area (Å²) >= 11 is 0. The van der Waals surface area contributed by atoms with E-state index in [0.29, 0.717) is 13.2 Å². The number of carboxylic acid groups (broad SMARTS) is 1. The summed E-state index contributed by atoms with van der Waals surface area (Å²) in [7, 11) is 1.55. The molecule has 16 heavy (non-hydrogen) atoms. The van der Waals surface area contributed by atoms with Gasteiger partial charge in [0, 0.05) is 19.7 Å². The van der Waals surface area contributed by atoms with Crippen LogP contribution in [0.5, 0.6) is 0 Å². The number of aliphatic hydroxyl groups excluding tert-OH is 1. The second-order valence-corrected chi connectivity index (χ2v) is 4.35. The van der Waals surface area contributed by atoms with Gasteiger partial charge in [-0.3, -0.25) is 9.69 Å². The lowest BCUT2D eigenvalue weighted by Gasteiger charge is -2.36. The normalized spacial score (nSPS) is 24.2. The van der Waals surface area contributed by atoms with Gasteiger partial charge in [-0.25, -0.2) is 0 Å². The average Bonchev–Trinajstić information content (AvgIpc) is 2.20. The van der Waals surface area contributed by atoms with E-state index in [0.717, 1.165) is 25.8 Å². The minimum Gasteiger partial charge on any atom is -0.481 e. The van der Waals surface area contributed by atoms with Gasteiger partial charge in [0.05, 0.1) is 19.1 Å². The summed E-state index contributed by atoms with van der Waals surface area (Å²) in [5.74, 6) is -0.766. The second kappa shape index (κ2) is 6.83. The molecule has 2 N–H and O–H groups in total. The average molecular weight is 231 g/mol. The number of aliphatic hydroxyl groups is 1. The number of likely N-dealkylation sites (tertiary alicyclic amines) is 1. The Morgan fingerprint density at radius 1 is 1.56 bits per heavy atom. The van der Waals surface area contributed by atoms with Crippen LogP contribution in [0.2, 0.25) is 0 Å². The zero-order valence-corrected chi connectivity index (χ0v) is 9.76. The summed E-state index contributed by atoms with van der Waals surface area (Å²) in [5, 5.41) is 18.4. The molecule has 0 aromatic carbocycles. The number of rotatable bonds is 6. The summed E-state index contributed by atoms with van der Waals surface area (Å²) in [6, 6.07) is 0.0674. The lowest BCUT2D eigenvalue weighted by atomic mass is 9.99. The molecule has 0 aliphatic carbocycles. The fourth-order valence-corrected chi connectivity index (χ4v) is 2.25. The number of hydrogen-bond acceptors (Lipinski definition) is 4. The number of carbonyl (C=O) groups is 1. The highest BCUT2D eigenvalue weighted by Crippen LogP contribution is 2.19. The van der Waals surface area contributed by atoms with Gasteiger partial charge in [0.2, 0.25) is 0 Å². The third kappa shape index (κ3) is 4.47. The van der Waals surface area contributed by atoms with Crippen LogP contribution >= 0.6 is 0 Å². The van der Waals surface area contributed by atoms with Gasteiger partial charge in [0.15, 0.2) is 0 Å². The molecule has 1 heterocycles. The van der Waals surface area contributed by atoms with Gasteiger partial charge in [-0.1, -0.05) is 6.42 Å². The van der Waals surface area contributed by atoms with E-state index in [1.165, 1.54) is 0 Å². The highest BCUT2D eigenvalue weighted by molar-refractivity contribution is 5.67. The zero-order chi connectivity index (χ0) is 12.0. The molecule has 0 radical (unpaired) electrons. The summed E-state index contributed by atoms with van der Waals surface area (Å²) in [6.07, 6.45) is 2.70. The standard InChI is InChI=1S/C11H21NO4/c1-16-8-10(13)7-12-5-3-2-4-9(12)6-11(14)15/h9-10,13H,2-8H2,1H3,(H,14,15). The fraction of sp³-hybridized carbons (Fsp3) is 0.909. The van der Waals surface area contributed by atoms with Gasteiger partial charge in [-0.2, -0.15) is 0 Å². The first-order valence-electron chi connectivity index (χ1n) is 5.76. The number of methoxy groups -OCH3 is 1. The fourth-order valence-electron chi connectivity index (χ4n) is 2.25. The third-order valence-electron chi connectivity index (χ3n) is 2.96. The lowest BCUT2D eigenvalue weighted by Crippen LogP contribution is -2.45. The van der Waals surface area contributed by atoms with Gasteiger partial charge in [0.1, 0.15) is 0 Å². The minimum atomic E-state index is -0.766. The highest BCUT2D eigenvalue weighted by Gasteiger charge is 2.25. The Morgan fingerprint density at radius 2 is 2.31 bits per heavy atom. The number of aliphatic carboxylic acids is 1. The molecule has 0 bridgehead atoms. The Balaban J connectivity index is 2.43. The molecule has 1 fully saturated rings. The number of carboxylic acids is 1. The second-order valence-electron chi connectivity index (χ2n) is 4.35. The summed E-state index contributed by atoms with van der Waals surface area (Å²) in [4.78, 5) is 12.8. The molecule has 0 spiro atoms. The molecule has 1 aliphatic heterocycles. The molecule has 0 amide bonds. The maximum Gasteiger partial charge on any atom is 0.304 e. The Hall–Kier alpha value is -0.650. The molecule has 0 aromatic heterocycles. The van der Waals surface area contributed by atoms with E-state index in [-0.39, 0.29) is 12.5 Å². The summed E-state index contributed by atoms with van der Waals surface area (Å²) in [6.45, 7) is 1.68. The van der Waals surface area contributed by atoms with Gasteiger partial charge in [-0.15, -0.1) is 0 Å². The van der Waals surface area contributed by atoms with Crippen molar-refractivity contribution in [2.75, 3.05) is 26.8 Å². The monoisotopic (exact) mass is 231 g/mol.